The molecule has 0 saturated heterocycles. The van der Waals surface area contributed by atoms with Crippen molar-refractivity contribution in [3.05, 3.63) is 45.2 Å². The van der Waals surface area contributed by atoms with Crippen molar-refractivity contribution >= 4 is 23.4 Å². The number of rotatable bonds is 1. The lowest BCUT2D eigenvalue weighted by Gasteiger charge is -1.94. The summed E-state index contributed by atoms with van der Waals surface area (Å²) < 4.78 is 13.0. The molecule has 3 rings (SSSR count). The van der Waals surface area contributed by atoms with Gasteiger partial charge in [-0.25, -0.2) is 9.37 Å². The average molecular weight is 262 g/mol. The third-order valence-electron chi connectivity index (χ3n) is 2.51. The van der Waals surface area contributed by atoms with Crippen molar-refractivity contribution in [2.24, 2.45) is 0 Å². The highest BCUT2D eigenvalue weighted by atomic mass is 32.1. The minimum absolute atomic E-state index is 0.213. The lowest BCUT2D eigenvalue weighted by atomic mass is 10.2. The lowest BCUT2D eigenvalue weighted by Crippen LogP contribution is -2.07. The second-order valence-corrected chi connectivity index (χ2v) is 4.13. The van der Waals surface area contributed by atoms with Gasteiger partial charge in [0.05, 0.1) is 0 Å². The van der Waals surface area contributed by atoms with Crippen LogP contribution in [0.2, 0.25) is 0 Å². The summed E-state index contributed by atoms with van der Waals surface area (Å²) in [4.78, 5) is 23.9. The molecule has 0 radical (unpaired) electrons. The smallest absolute Gasteiger partial charge is 0.277 e. The van der Waals surface area contributed by atoms with Gasteiger partial charge in [-0.1, -0.05) is 0 Å². The van der Waals surface area contributed by atoms with Crippen LogP contribution in [-0.2, 0) is 0 Å². The molecule has 0 aliphatic carbocycles. The van der Waals surface area contributed by atoms with E-state index in [1.54, 1.807) is 12.1 Å². The Kier molecular flexibility index (Phi) is 2.34. The maximum absolute atomic E-state index is 12.8. The third-order valence-corrected chi connectivity index (χ3v) is 2.71. The van der Waals surface area contributed by atoms with E-state index in [-0.39, 0.29) is 16.1 Å². The van der Waals surface area contributed by atoms with Crippen LogP contribution in [0.15, 0.2) is 29.1 Å². The van der Waals surface area contributed by atoms with Crippen LogP contribution in [0.1, 0.15) is 0 Å². The number of aromatic nitrogens is 4. The molecule has 5 nitrogen and oxygen atoms in total. The van der Waals surface area contributed by atoms with Crippen LogP contribution in [0, 0.1) is 10.6 Å². The Balaban J connectivity index is 2.25. The second kappa shape index (κ2) is 3.88. The molecular formula is C11H7FN4OS. The summed E-state index contributed by atoms with van der Waals surface area (Å²) in [6, 6.07) is 5.82. The van der Waals surface area contributed by atoms with Crippen molar-refractivity contribution in [3.8, 4) is 11.4 Å². The maximum atomic E-state index is 12.8. The number of halogens is 1. The monoisotopic (exact) mass is 262 g/mol. The zero-order valence-electron chi connectivity index (χ0n) is 8.95. The van der Waals surface area contributed by atoms with E-state index in [1.165, 1.54) is 12.1 Å². The Morgan fingerprint density at radius 2 is 1.83 bits per heavy atom. The summed E-state index contributed by atoms with van der Waals surface area (Å²) >= 11 is 4.86. The van der Waals surface area contributed by atoms with Gasteiger partial charge in [0.15, 0.2) is 10.4 Å². The van der Waals surface area contributed by atoms with Crippen molar-refractivity contribution in [2.75, 3.05) is 0 Å². The van der Waals surface area contributed by atoms with Gasteiger partial charge in [0.2, 0.25) is 0 Å². The number of hydrogen-bond donors (Lipinski definition) is 3. The number of imidazole rings is 1. The van der Waals surface area contributed by atoms with Crippen LogP contribution in [0.3, 0.4) is 0 Å². The van der Waals surface area contributed by atoms with E-state index in [9.17, 15) is 9.18 Å². The number of fused-ring (bicyclic) bond motifs is 1. The molecule has 3 N–H and O–H groups in total. The first-order valence-electron chi connectivity index (χ1n) is 5.12. The van der Waals surface area contributed by atoms with Gasteiger partial charge in [-0.05, 0) is 36.5 Å². The molecule has 0 saturated carbocycles. The van der Waals surface area contributed by atoms with Gasteiger partial charge in [-0.3, -0.25) is 9.78 Å². The largest absolute Gasteiger partial charge is 0.332 e. The van der Waals surface area contributed by atoms with Crippen LogP contribution in [0.25, 0.3) is 22.6 Å². The highest BCUT2D eigenvalue weighted by molar-refractivity contribution is 7.71. The Hall–Kier alpha value is -2.28. The third kappa shape index (κ3) is 1.74. The minimum atomic E-state index is -0.338. The normalized spacial score (nSPS) is 10.9. The standard InChI is InChI=1S/C11H7FN4OS/c12-6-3-1-5(2-4-6)8-13-7-9(14-8)15-11(18)16-10(7)17/h1-4H,(H3,13,14,15,16,17,18). The predicted octanol–water partition coefficient (Wildman–Crippen LogP) is 2.11. The van der Waals surface area contributed by atoms with E-state index in [2.05, 4.69) is 19.9 Å². The fraction of sp³-hybridized carbons (Fsp3) is 0. The Morgan fingerprint density at radius 3 is 2.56 bits per heavy atom. The van der Waals surface area contributed by atoms with Gasteiger partial charge < -0.3 is 9.97 Å². The summed E-state index contributed by atoms with van der Waals surface area (Å²) in [5, 5.41) is 0. The maximum Gasteiger partial charge on any atom is 0.277 e. The van der Waals surface area contributed by atoms with Gasteiger partial charge in [0.1, 0.15) is 17.2 Å². The first-order valence-corrected chi connectivity index (χ1v) is 5.52. The number of aromatic amines is 3. The molecular weight excluding hydrogens is 255 g/mol. The van der Waals surface area contributed by atoms with E-state index in [0.717, 1.165) is 0 Å². The molecule has 7 heteroatoms. The molecule has 90 valence electrons. The Bertz CT molecular complexity index is 831. The molecule has 0 aliphatic rings. The molecule has 3 aromatic rings. The molecule has 0 amide bonds. The van der Waals surface area contributed by atoms with Gasteiger partial charge in [0.25, 0.3) is 5.56 Å². The highest BCUT2D eigenvalue weighted by Crippen LogP contribution is 2.17. The van der Waals surface area contributed by atoms with E-state index >= 15 is 0 Å². The fourth-order valence-corrected chi connectivity index (χ4v) is 1.87. The van der Waals surface area contributed by atoms with E-state index in [1.807, 2.05) is 0 Å². The fourth-order valence-electron chi connectivity index (χ4n) is 1.68. The minimum Gasteiger partial charge on any atom is -0.332 e. The van der Waals surface area contributed by atoms with Gasteiger partial charge in [-0.2, -0.15) is 0 Å². The van der Waals surface area contributed by atoms with Crippen molar-refractivity contribution in [1.82, 2.24) is 19.9 Å². The number of hydrogen-bond acceptors (Lipinski definition) is 3. The van der Waals surface area contributed by atoms with Gasteiger partial charge in [0, 0.05) is 5.56 Å². The molecule has 0 unspecified atom stereocenters. The van der Waals surface area contributed by atoms with Gasteiger partial charge in [-0.15, -0.1) is 0 Å². The van der Waals surface area contributed by atoms with Gasteiger partial charge >= 0.3 is 0 Å². The van der Waals surface area contributed by atoms with Crippen molar-refractivity contribution in [1.29, 1.82) is 0 Å². The van der Waals surface area contributed by atoms with Crippen molar-refractivity contribution in [3.63, 3.8) is 0 Å². The van der Waals surface area contributed by atoms with E-state index in [0.29, 0.717) is 22.6 Å². The zero-order chi connectivity index (χ0) is 12.7. The topological polar surface area (TPSA) is 77.3 Å². The summed E-state index contributed by atoms with van der Waals surface area (Å²) in [6.45, 7) is 0. The zero-order valence-corrected chi connectivity index (χ0v) is 9.77. The highest BCUT2D eigenvalue weighted by Gasteiger charge is 2.08. The molecule has 0 aliphatic heterocycles. The average Bonchev–Trinajstić information content (AvgIpc) is 2.74. The Morgan fingerprint density at radius 1 is 1.11 bits per heavy atom. The summed E-state index contributed by atoms with van der Waals surface area (Å²) in [6.07, 6.45) is 0. The summed E-state index contributed by atoms with van der Waals surface area (Å²) in [5.41, 5.74) is 1.03. The quantitative estimate of drug-likeness (QED) is 0.588. The molecule has 2 heterocycles. The number of H-pyrrole nitrogens is 3. The molecule has 0 spiro atoms. The molecule has 1 aromatic carbocycles. The van der Waals surface area contributed by atoms with Crippen molar-refractivity contribution < 1.29 is 4.39 Å². The van der Waals surface area contributed by atoms with Crippen LogP contribution < -0.4 is 5.56 Å². The number of nitrogens with zero attached hydrogens (tertiary/aromatic N) is 1. The number of nitrogens with one attached hydrogen (secondary N) is 3. The summed E-state index contributed by atoms with van der Waals surface area (Å²) in [5.74, 6) is 0.152. The molecule has 0 fully saturated rings. The molecule has 2 aromatic heterocycles. The first-order chi connectivity index (χ1) is 8.63. The molecule has 18 heavy (non-hydrogen) atoms. The molecule has 0 bridgehead atoms. The van der Waals surface area contributed by atoms with Crippen LogP contribution in [0.5, 0.6) is 0 Å². The first kappa shape index (κ1) is 10.8. The van der Waals surface area contributed by atoms with E-state index < -0.39 is 0 Å². The SMILES string of the molecule is O=c1[nH]c(=S)[nH]c2nc(-c3ccc(F)cc3)[nH]c12. The lowest BCUT2D eigenvalue weighted by molar-refractivity contribution is 0.628. The van der Waals surface area contributed by atoms with Crippen molar-refractivity contribution in [2.45, 2.75) is 0 Å². The number of benzene rings is 1. The van der Waals surface area contributed by atoms with Crippen LogP contribution in [-0.4, -0.2) is 19.9 Å². The van der Waals surface area contributed by atoms with Crippen LogP contribution >= 0.6 is 12.2 Å². The summed E-state index contributed by atoms with van der Waals surface area (Å²) in [7, 11) is 0. The second-order valence-electron chi connectivity index (χ2n) is 3.72. The predicted molar refractivity (Wildman–Crippen MR) is 67.3 cm³/mol. The van der Waals surface area contributed by atoms with E-state index in [4.69, 9.17) is 12.2 Å². The molecule has 0 atom stereocenters. The Labute approximate surface area is 105 Å². The van der Waals surface area contributed by atoms with Crippen LogP contribution in [0.4, 0.5) is 4.39 Å².